The molecule has 1 aromatic rings. The van der Waals surface area contributed by atoms with Gasteiger partial charge in [-0.25, -0.2) is 0 Å². The van der Waals surface area contributed by atoms with E-state index in [9.17, 15) is 9.59 Å². The first kappa shape index (κ1) is 15.0. The summed E-state index contributed by atoms with van der Waals surface area (Å²) in [5.41, 5.74) is 6.66. The quantitative estimate of drug-likeness (QED) is 0.714. The zero-order chi connectivity index (χ0) is 15.7. The maximum absolute atomic E-state index is 11.4. The number of rotatable bonds is 6. The highest BCUT2D eigenvalue weighted by Crippen LogP contribution is 2.31. The Hall–Kier alpha value is -1.96. The molecule has 0 bridgehead atoms. The van der Waals surface area contributed by atoms with Crippen LogP contribution in [-0.4, -0.2) is 52.9 Å². The van der Waals surface area contributed by atoms with E-state index in [1.54, 1.807) is 4.90 Å². The molecular formula is C15H18N2O5. The highest BCUT2D eigenvalue weighted by Gasteiger charge is 2.49. The van der Waals surface area contributed by atoms with Crippen molar-refractivity contribution in [3.8, 4) is 0 Å². The monoisotopic (exact) mass is 306 g/mol. The summed E-state index contributed by atoms with van der Waals surface area (Å²) in [7, 11) is 0. The predicted molar refractivity (Wildman–Crippen MR) is 75.6 cm³/mol. The fraction of sp³-hybridized carbons (Fsp3) is 0.467. The number of hydrogen-bond acceptors (Lipinski definition) is 5. The molecule has 118 valence electrons. The van der Waals surface area contributed by atoms with Crippen molar-refractivity contribution in [2.75, 3.05) is 6.54 Å². The summed E-state index contributed by atoms with van der Waals surface area (Å²) in [5.74, 6) is -1.14. The van der Waals surface area contributed by atoms with Crippen LogP contribution in [0, 0.1) is 0 Å². The lowest BCUT2D eigenvalue weighted by atomic mass is 10.1. The molecule has 2 fully saturated rings. The number of aliphatic carboxylic acids is 1. The summed E-state index contributed by atoms with van der Waals surface area (Å²) in [6, 6.07) is 8.21. The van der Waals surface area contributed by atoms with Crippen LogP contribution in [0.15, 0.2) is 30.3 Å². The molecule has 1 aromatic carbocycles. The molecule has 2 unspecified atom stereocenters. The Morgan fingerprint density at radius 2 is 2.18 bits per heavy atom. The molecule has 7 heteroatoms. The molecule has 4 atom stereocenters. The minimum Gasteiger partial charge on any atom is -0.480 e. The van der Waals surface area contributed by atoms with Crippen LogP contribution in [0.4, 0.5) is 0 Å². The van der Waals surface area contributed by atoms with Gasteiger partial charge in [0.05, 0.1) is 19.6 Å². The smallest absolute Gasteiger partial charge is 0.323 e. The van der Waals surface area contributed by atoms with Crippen molar-refractivity contribution in [1.82, 2.24) is 4.90 Å². The van der Waals surface area contributed by atoms with Crippen molar-refractivity contribution < 1.29 is 24.2 Å². The lowest BCUT2D eigenvalue weighted by Gasteiger charge is -2.31. The standard InChI is InChI=1S/C15H18N2O5/c16-13(15(19)20)14(21-8-9-4-2-1-3-5-9)10-7-17-11(18)6-12(17)22-10/h1-5,10,12-14H,6-8,16H2,(H,19,20)/t10?,12-,13-,14?/m0/s1. The minimum absolute atomic E-state index is 0.0122. The van der Waals surface area contributed by atoms with Gasteiger partial charge in [-0.1, -0.05) is 30.3 Å². The third-order valence-electron chi connectivity index (χ3n) is 4.02. The molecular weight excluding hydrogens is 288 g/mol. The van der Waals surface area contributed by atoms with Gasteiger partial charge in [-0.15, -0.1) is 0 Å². The van der Waals surface area contributed by atoms with Gasteiger partial charge in [-0.2, -0.15) is 0 Å². The molecule has 0 spiro atoms. The average molecular weight is 306 g/mol. The maximum Gasteiger partial charge on any atom is 0.323 e. The van der Waals surface area contributed by atoms with E-state index in [1.165, 1.54) is 0 Å². The number of carbonyl (C=O) groups excluding carboxylic acids is 1. The van der Waals surface area contributed by atoms with Crippen molar-refractivity contribution >= 4 is 11.9 Å². The summed E-state index contributed by atoms with van der Waals surface area (Å²) >= 11 is 0. The van der Waals surface area contributed by atoms with Crippen LogP contribution in [0.2, 0.25) is 0 Å². The Bertz CT molecular complexity index is 564. The van der Waals surface area contributed by atoms with Gasteiger partial charge >= 0.3 is 5.97 Å². The first-order valence-electron chi connectivity index (χ1n) is 7.15. The average Bonchev–Trinajstić information content (AvgIpc) is 2.85. The van der Waals surface area contributed by atoms with Gasteiger partial charge in [-0.05, 0) is 5.56 Å². The van der Waals surface area contributed by atoms with Crippen LogP contribution in [0.25, 0.3) is 0 Å². The number of β-lactam (4-membered cyclic amide) rings is 1. The number of carboxylic acid groups (broad SMARTS) is 1. The van der Waals surface area contributed by atoms with Gasteiger partial charge in [0.1, 0.15) is 24.5 Å². The van der Waals surface area contributed by atoms with E-state index >= 15 is 0 Å². The van der Waals surface area contributed by atoms with Crippen molar-refractivity contribution in [2.24, 2.45) is 5.73 Å². The molecule has 3 N–H and O–H groups in total. The molecule has 1 amide bonds. The fourth-order valence-electron chi connectivity index (χ4n) is 2.74. The van der Waals surface area contributed by atoms with Gasteiger partial charge in [0.15, 0.2) is 0 Å². The van der Waals surface area contributed by atoms with Crippen LogP contribution >= 0.6 is 0 Å². The number of carboxylic acids is 1. The maximum atomic E-state index is 11.4. The number of nitrogens with zero attached hydrogens (tertiary/aromatic N) is 1. The number of fused-ring (bicyclic) bond motifs is 1. The second-order valence-corrected chi connectivity index (χ2v) is 5.50. The summed E-state index contributed by atoms with van der Waals surface area (Å²) < 4.78 is 11.4. The number of nitrogens with two attached hydrogens (primary N) is 1. The number of carbonyl (C=O) groups is 2. The first-order chi connectivity index (χ1) is 10.6. The number of ether oxygens (including phenoxy) is 2. The van der Waals surface area contributed by atoms with Gasteiger partial charge in [-0.3, -0.25) is 9.59 Å². The Balaban J connectivity index is 1.67. The normalized spacial score (nSPS) is 26.2. The third kappa shape index (κ3) is 2.83. The molecule has 3 rings (SSSR count). The van der Waals surface area contributed by atoms with Gasteiger partial charge in [0.2, 0.25) is 5.91 Å². The molecule has 2 aliphatic rings. The first-order valence-corrected chi connectivity index (χ1v) is 7.15. The predicted octanol–water partition coefficient (Wildman–Crippen LogP) is -0.0591. The van der Waals surface area contributed by atoms with Crippen LogP contribution in [0.5, 0.6) is 0 Å². The Morgan fingerprint density at radius 3 is 2.77 bits per heavy atom. The highest BCUT2D eigenvalue weighted by molar-refractivity contribution is 5.83. The molecule has 2 aliphatic heterocycles. The van der Waals surface area contributed by atoms with Crippen LogP contribution in [0.1, 0.15) is 12.0 Å². The lowest BCUT2D eigenvalue weighted by molar-refractivity contribution is -0.162. The lowest BCUT2D eigenvalue weighted by Crippen LogP contribution is -2.51. The summed E-state index contributed by atoms with van der Waals surface area (Å²) in [6.45, 7) is 0.564. The SMILES string of the molecule is N[C@H](C(=O)O)C(OCc1ccccc1)C1CN2C(=O)C[C@@H]2O1. The van der Waals surface area contributed by atoms with E-state index in [1.807, 2.05) is 30.3 Å². The zero-order valence-electron chi connectivity index (χ0n) is 11.9. The van der Waals surface area contributed by atoms with Crippen molar-refractivity contribution in [3.05, 3.63) is 35.9 Å². The van der Waals surface area contributed by atoms with Gasteiger partial charge in [0, 0.05) is 0 Å². The van der Waals surface area contributed by atoms with Gasteiger partial charge < -0.3 is 25.2 Å². The number of benzene rings is 1. The molecule has 0 radical (unpaired) electrons. The summed E-state index contributed by atoms with van der Waals surface area (Å²) in [6.07, 6.45) is -1.26. The molecule has 22 heavy (non-hydrogen) atoms. The minimum atomic E-state index is -1.21. The highest BCUT2D eigenvalue weighted by atomic mass is 16.6. The molecule has 0 aromatic heterocycles. The second kappa shape index (κ2) is 6.04. The van der Waals surface area contributed by atoms with E-state index in [0.717, 1.165) is 5.56 Å². The number of amides is 1. The largest absolute Gasteiger partial charge is 0.480 e. The van der Waals surface area contributed by atoms with Gasteiger partial charge in [0.25, 0.3) is 0 Å². The summed E-state index contributed by atoms with van der Waals surface area (Å²) in [4.78, 5) is 24.2. The Morgan fingerprint density at radius 1 is 1.45 bits per heavy atom. The second-order valence-electron chi connectivity index (χ2n) is 5.50. The topological polar surface area (TPSA) is 102 Å². The molecule has 0 aliphatic carbocycles. The van der Waals surface area contributed by atoms with Crippen molar-refractivity contribution in [1.29, 1.82) is 0 Å². The Labute approximate surface area is 127 Å². The molecule has 2 saturated heterocycles. The van der Waals surface area contributed by atoms with Crippen LogP contribution < -0.4 is 5.73 Å². The van der Waals surface area contributed by atoms with Crippen LogP contribution in [-0.2, 0) is 25.7 Å². The van der Waals surface area contributed by atoms with E-state index in [4.69, 9.17) is 20.3 Å². The zero-order valence-corrected chi connectivity index (χ0v) is 11.9. The molecule has 0 saturated carbocycles. The molecule has 7 nitrogen and oxygen atoms in total. The molecule has 2 heterocycles. The fourth-order valence-corrected chi connectivity index (χ4v) is 2.74. The number of hydrogen-bond donors (Lipinski definition) is 2. The van der Waals surface area contributed by atoms with Crippen LogP contribution in [0.3, 0.4) is 0 Å². The van der Waals surface area contributed by atoms with E-state index in [0.29, 0.717) is 13.0 Å². The van der Waals surface area contributed by atoms with E-state index < -0.39 is 24.2 Å². The van der Waals surface area contributed by atoms with Crippen molar-refractivity contribution in [2.45, 2.75) is 37.5 Å². The van der Waals surface area contributed by atoms with E-state index in [-0.39, 0.29) is 18.7 Å². The summed E-state index contributed by atoms with van der Waals surface area (Å²) in [5, 5.41) is 9.17. The van der Waals surface area contributed by atoms with E-state index in [2.05, 4.69) is 0 Å². The van der Waals surface area contributed by atoms with Crippen molar-refractivity contribution in [3.63, 3.8) is 0 Å². The Kier molecular flexibility index (Phi) is 4.10. The third-order valence-corrected chi connectivity index (χ3v) is 4.02.